The van der Waals surface area contributed by atoms with Gasteiger partial charge in [0.2, 0.25) is 5.91 Å². The summed E-state index contributed by atoms with van der Waals surface area (Å²) >= 11 is 1.67. The van der Waals surface area contributed by atoms with E-state index >= 15 is 0 Å². The van der Waals surface area contributed by atoms with Crippen LogP contribution in [0.2, 0.25) is 0 Å². The number of nitrogens with one attached hydrogen (secondary N) is 2. The molecule has 0 aliphatic heterocycles. The van der Waals surface area contributed by atoms with Gasteiger partial charge >= 0.3 is 0 Å². The summed E-state index contributed by atoms with van der Waals surface area (Å²) in [7, 11) is 0. The van der Waals surface area contributed by atoms with E-state index in [4.69, 9.17) is 0 Å². The molecule has 2 amide bonds. The average molecular weight is 353 g/mol. The maximum absolute atomic E-state index is 12.1. The smallest absolute Gasteiger partial charge is 0.271 e. The predicted octanol–water partition coefficient (Wildman–Crippen LogP) is 3.52. The molecule has 0 spiro atoms. The number of carbonyl (C=O) groups excluding carboxylic acids is 2. The Kier molecular flexibility index (Phi) is 5.50. The van der Waals surface area contributed by atoms with Crippen molar-refractivity contribution in [2.24, 2.45) is 11.0 Å². The Hall–Kier alpha value is -2.60. The molecule has 1 aliphatic rings. The van der Waals surface area contributed by atoms with Crippen LogP contribution >= 0.6 is 11.8 Å². The van der Waals surface area contributed by atoms with Crippen molar-refractivity contribution >= 4 is 35.5 Å². The second-order valence-corrected chi connectivity index (χ2v) is 6.69. The molecule has 6 heteroatoms. The molecule has 1 saturated carbocycles. The van der Waals surface area contributed by atoms with Crippen molar-refractivity contribution in [1.82, 2.24) is 5.43 Å². The van der Waals surface area contributed by atoms with E-state index in [-0.39, 0.29) is 17.7 Å². The minimum absolute atomic E-state index is 0.0503. The Morgan fingerprint density at radius 1 is 1.08 bits per heavy atom. The number of anilines is 1. The fourth-order valence-corrected chi connectivity index (χ4v) is 2.62. The molecule has 0 atom stereocenters. The van der Waals surface area contributed by atoms with Gasteiger partial charge in [0.05, 0.1) is 6.21 Å². The molecule has 2 N–H and O–H groups in total. The molecule has 0 unspecified atom stereocenters. The molecule has 0 aromatic heterocycles. The molecular weight excluding hydrogens is 334 g/mol. The third kappa shape index (κ3) is 4.93. The summed E-state index contributed by atoms with van der Waals surface area (Å²) in [6.45, 7) is 0. The largest absolute Gasteiger partial charge is 0.326 e. The summed E-state index contributed by atoms with van der Waals surface area (Å²) in [5, 5.41) is 6.82. The summed E-state index contributed by atoms with van der Waals surface area (Å²) in [6, 6.07) is 14.7. The van der Waals surface area contributed by atoms with E-state index in [9.17, 15) is 9.59 Å². The first-order valence-corrected chi connectivity index (χ1v) is 9.26. The van der Waals surface area contributed by atoms with Crippen molar-refractivity contribution in [2.45, 2.75) is 17.7 Å². The third-order valence-corrected chi connectivity index (χ3v) is 4.60. The lowest BCUT2D eigenvalue weighted by Gasteiger charge is -2.05. The Bertz CT molecular complexity index is 781. The summed E-state index contributed by atoms with van der Waals surface area (Å²) in [5.41, 5.74) is 4.60. The standard InChI is InChI=1S/C19H19N3O2S/c1-25-17-10-2-13(3-11-17)12-20-22-19(24)15-6-8-16(9-7-15)21-18(23)14-4-5-14/h2-3,6-12,14H,4-5H2,1H3,(H,21,23)(H,22,24)/b20-12-. The highest BCUT2D eigenvalue weighted by Gasteiger charge is 2.29. The molecule has 0 saturated heterocycles. The van der Waals surface area contributed by atoms with Crippen molar-refractivity contribution in [3.63, 3.8) is 0 Å². The molecule has 0 bridgehead atoms. The number of nitrogens with zero attached hydrogens (tertiary/aromatic N) is 1. The van der Waals surface area contributed by atoms with Gasteiger partial charge in [-0.2, -0.15) is 5.10 Å². The van der Waals surface area contributed by atoms with Crippen LogP contribution in [-0.4, -0.2) is 24.3 Å². The van der Waals surface area contributed by atoms with E-state index in [0.29, 0.717) is 11.3 Å². The Morgan fingerprint density at radius 3 is 2.36 bits per heavy atom. The molecule has 5 nitrogen and oxygen atoms in total. The number of rotatable bonds is 6. The molecule has 25 heavy (non-hydrogen) atoms. The quantitative estimate of drug-likeness (QED) is 0.474. The Morgan fingerprint density at radius 2 is 1.76 bits per heavy atom. The summed E-state index contributed by atoms with van der Waals surface area (Å²) in [6.07, 6.45) is 5.55. The van der Waals surface area contributed by atoms with Crippen LogP contribution in [0.15, 0.2) is 58.5 Å². The lowest BCUT2D eigenvalue weighted by atomic mass is 10.2. The molecule has 2 aromatic rings. The van der Waals surface area contributed by atoms with Gasteiger partial charge in [-0.3, -0.25) is 9.59 Å². The van der Waals surface area contributed by atoms with E-state index in [1.54, 1.807) is 42.2 Å². The second kappa shape index (κ2) is 7.98. The highest BCUT2D eigenvalue weighted by Crippen LogP contribution is 2.30. The van der Waals surface area contributed by atoms with Crippen LogP contribution in [0.4, 0.5) is 5.69 Å². The van der Waals surface area contributed by atoms with Crippen LogP contribution in [0.3, 0.4) is 0 Å². The van der Waals surface area contributed by atoms with Gasteiger partial charge in [-0.1, -0.05) is 12.1 Å². The fourth-order valence-electron chi connectivity index (χ4n) is 2.21. The van der Waals surface area contributed by atoms with Crippen molar-refractivity contribution in [1.29, 1.82) is 0 Å². The van der Waals surface area contributed by atoms with Gasteiger partial charge in [0, 0.05) is 22.1 Å². The highest BCUT2D eigenvalue weighted by molar-refractivity contribution is 7.98. The molecule has 1 fully saturated rings. The molecule has 2 aromatic carbocycles. The molecule has 3 rings (SSSR count). The summed E-state index contributed by atoms with van der Waals surface area (Å²) < 4.78 is 0. The Balaban J connectivity index is 1.53. The maximum atomic E-state index is 12.1. The van der Waals surface area contributed by atoms with E-state index in [1.165, 1.54) is 4.90 Å². The topological polar surface area (TPSA) is 70.6 Å². The SMILES string of the molecule is CSc1ccc(/C=N\NC(=O)c2ccc(NC(=O)C3CC3)cc2)cc1. The zero-order valence-electron chi connectivity index (χ0n) is 13.9. The maximum Gasteiger partial charge on any atom is 0.271 e. The molecular formula is C19H19N3O2S. The molecule has 128 valence electrons. The van der Waals surface area contributed by atoms with Crippen LogP contribution in [-0.2, 0) is 4.79 Å². The average Bonchev–Trinajstić information content (AvgIpc) is 3.48. The van der Waals surface area contributed by atoms with Crippen molar-refractivity contribution < 1.29 is 9.59 Å². The number of amides is 2. The van der Waals surface area contributed by atoms with Crippen LogP contribution in [0.25, 0.3) is 0 Å². The van der Waals surface area contributed by atoms with Crippen LogP contribution in [0.5, 0.6) is 0 Å². The number of hydrazone groups is 1. The van der Waals surface area contributed by atoms with Gasteiger partial charge in [-0.15, -0.1) is 11.8 Å². The summed E-state index contributed by atoms with van der Waals surface area (Å²) in [5.74, 6) is -0.0892. The van der Waals surface area contributed by atoms with Crippen molar-refractivity contribution in [3.8, 4) is 0 Å². The lowest BCUT2D eigenvalue weighted by Crippen LogP contribution is -2.18. The third-order valence-electron chi connectivity index (χ3n) is 3.86. The fraction of sp³-hybridized carbons (Fsp3) is 0.211. The van der Waals surface area contributed by atoms with Crippen molar-refractivity contribution in [2.75, 3.05) is 11.6 Å². The number of carbonyl (C=O) groups is 2. The minimum Gasteiger partial charge on any atom is -0.326 e. The van der Waals surface area contributed by atoms with Gasteiger partial charge in [0.1, 0.15) is 0 Å². The first-order chi connectivity index (χ1) is 12.2. The van der Waals surface area contributed by atoms with Gasteiger partial charge < -0.3 is 5.32 Å². The number of hydrogen-bond donors (Lipinski definition) is 2. The van der Waals surface area contributed by atoms with Crippen molar-refractivity contribution in [3.05, 3.63) is 59.7 Å². The van der Waals surface area contributed by atoms with Gasteiger partial charge in [-0.05, 0) is 61.1 Å². The van der Waals surface area contributed by atoms with E-state index in [0.717, 1.165) is 18.4 Å². The minimum atomic E-state index is -0.294. The van der Waals surface area contributed by atoms with Gasteiger partial charge in [-0.25, -0.2) is 5.43 Å². The number of thioether (sulfide) groups is 1. The monoisotopic (exact) mass is 353 g/mol. The molecule has 1 aliphatic carbocycles. The summed E-state index contributed by atoms with van der Waals surface area (Å²) in [4.78, 5) is 24.9. The van der Waals surface area contributed by atoms with E-state index < -0.39 is 0 Å². The first-order valence-electron chi connectivity index (χ1n) is 8.04. The molecule has 0 radical (unpaired) electrons. The Labute approximate surface area is 150 Å². The van der Waals surface area contributed by atoms with Crippen LogP contribution in [0.1, 0.15) is 28.8 Å². The van der Waals surface area contributed by atoms with Crippen LogP contribution in [0, 0.1) is 5.92 Å². The van der Waals surface area contributed by atoms with E-state index in [1.807, 2.05) is 30.5 Å². The normalized spacial score (nSPS) is 13.6. The van der Waals surface area contributed by atoms with Crippen LogP contribution < -0.4 is 10.7 Å². The second-order valence-electron chi connectivity index (χ2n) is 5.81. The number of benzene rings is 2. The zero-order valence-corrected chi connectivity index (χ0v) is 14.7. The zero-order chi connectivity index (χ0) is 17.6. The van der Waals surface area contributed by atoms with Gasteiger partial charge in [0.25, 0.3) is 5.91 Å². The molecule has 0 heterocycles. The van der Waals surface area contributed by atoms with Gasteiger partial charge in [0.15, 0.2) is 0 Å². The highest BCUT2D eigenvalue weighted by atomic mass is 32.2. The number of hydrogen-bond acceptors (Lipinski definition) is 4. The predicted molar refractivity (Wildman–Crippen MR) is 101 cm³/mol. The van der Waals surface area contributed by atoms with E-state index in [2.05, 4.69) is 15.8 Å². The lowest BCUT2D eigenvalue weighted by molar-refractivity contribution is -0.117. The first kappa shape index (κ1) is 17.2.